The number of guanidine groups is 1. The van der Waals surface area contributed by atoms with E-state index in [0.717, 1.165) is 42.2 Å². The number of hydrogen-bond acceptors (Lipinski definition) is 4. The highest BCUT2D eigenvalue weighted by Gasteiger charge is 2.33. The first kappa shape index (κ1) is 25.1. The topological polar surface area (TPSA) is 86.9 Å². The lowest BCUT2D eigenvalue weighted by atomic mass is 10.1. The second-order valence-corrected chi connectivity index (χ2v) is 7.81. The van der Waals surface area contributed by atoms with Crippen LogP contribution in [0.1, 0.15) is 41.0 Å². The van der Waals surface area contributed by atoms with E-state index in [1.807, 2.05) is 24.3 Å². The average molecular weight is 476 g/mol. The van der Waals surface area contributed by atoms with E-state index in [4.69, 9.17) is 10.6 Å². The molecule has 1 amide bonds. The Morgan fingerprint density at radius 1 is 1.09 bits per heavy atom. The van der Waals surface area contributed by atoms with E-state index in [2.05, 4.69) is 28.9 Å². The molecule has 0 unspecified atom stereocenters. The zero-order chi connectivity index (χ0) is 24.9. The van der Waals surface area contributed by atoms with Gasteiger partial charge in [-0.1, -0.05) is 44.2 Å². The first-order valence-electron chi connectivity index (χ1n) is 10.9. The molecule has 0 fully saturated rings. The summed E-state index contributed by atoms with van der Waals surface area (Å²) < 4.78 is 39.7. The van der Waals surface area contributed by atoms with Gasteiger partial charge in [0.15, 0.2) is 0 Å². The van der Waals surface area contributed by atoms with Crippen molar-refractivity contribution in [3.63, 3.8) is 0 Å². The number of aromatic nitrogens is 1. The van der Waals surface area contributed by atoms with Crippen molar-refractivity contribution in [1.29, 1.82) is 0 Å². The zero-order valence-electron chi connectivity index (χ0n) is 19.3. The summed E-state index contributed by atoms with van der Waals surface area (Å²) in [6.07, 6.45) is -4.54. The highest BCUT2D eigenvalue weighted by atomic mass is 19.4. The summed E-state index contributed by atoms with van der Waals surface area (Å²) in [4.78, 5) is 24.0. The Bertz CT molecular complexity index is 1150. The molecule has 0 spiro atoms. The monoisotopic (exact) mass is 475 g/mol. The second-order valence-electron chi connectivity index (χ2n) is 7.81. The van der Waals surface area contributed by atoms with Gasteiger partial charge in [-0.2, -0.15) is 13.2 Å². The molecule has 1 heterocycles. The Balaban J connectivity index is 1.63. The lowest BCUT2D eigenvalue weighted by Crippen LogP contribution is -2.39. The van der Waals surface area contributed by atoms with Crippen molar-refractivity contribution in [3.05, 3.63) is 70.9 Å². The van der Waals surface area contributed by atoms with E-state index < -0.39 is 17.6 Å². The van der Waals surface area contributed by atoms with E-state index in [9.17, 15) is 18.0 Å². The van der Waals surface area contributed by atoms with E-state index in [1.165, 1.54) is 24.7 Å². The smallest absolute Gasteiger partial charge is 0.388 e. The molecule has 0 aliphatic rings. The maximum absolute atomic E-state index is 13.2. The lowest BCUT2D eigenvalue weighted by Gasteiger charge is -2.18. The summed E-state index contributed by atoms with van der Waals surface area (Å²) in [5, 5.41) is 3.68. The number of aromatic amines is 1. The Hall–Kier alpha value is -3.53. The number of rotatable bonds is 8. The number of nitrogens with zero attached hydrogens (tertiary/aromatic N) is 3. The van der Waals surface area contributed by atoms with Gasteiger partial charge in [0.05, 0.1) is 5.56 Å². The maximum atomic E-state index is 13.2. The molecule has 3 N–H and O–H groups in total. The van der Waals surface area contributed by atoms with Crippen molar-refractivity contribution in [2.24, 2.45) is 10.9 Å². The summed E-state index contributed by atoms with van der Waals surface area (Å²) in [6, 6.07) is 12.8. The third-order valence-corrected chi connectivity index (χ3v) is 5.56. The average Bonchev–Trinajstić information content (AvgIpc) is 3.26. The SMILES string of the molecule is CCN(CC)Cc1ccc(CON=C(N)N(C)C(=O)c2cc3c(C(F)(F)F)cccc3[nH]2)cc1. The fraction of sp³-hybridized carbons (Fsp3) is 0.333. The van der Waals surface area contributed by atoms with Crippen molar-refractivity contribution in [2.45, 2.75) is 33.2 Å². The summed E-state index contributed by atoms with van der Waals surface area (Å²) in [5.74, 6) is -0.868. The third kappa shape index (κ3) is 5.88. The van der Waals surface area contributed by atoms with Gasteiger partial charge < -0.3 is 15.6 Å². The normalized spacial score (nSPS) is 12.4. The van der Waals surface area contributed by atoms with E-state index in [-0.39, 0.29) is 29.2 Å². The molecular formula is C24H28F3N5O2. The van der Waals surface area contributed by atoms with Crippen LogP contribution in [0, 0.1) is 0 Å². The summed E-state index contributed by atoms with van der Waals surface area (Å²) in [5.41, 5.74) is 7.25. The number of nitrogens with two attached hydrogens (primary N) is 1. The van der Waals surface area contributed by atoms with Crippen LogP contribution in [0.15, 0.2) is 53.7 Å². The number of hydrogen-bond donors (Lipinski definition) is 2. The molecule has 0 saturated carbocycles. The highest BCUT2D eigenvalue weighted by Crippen LogP contribution is 2.35. The molecule has 0 aliphatic heterocycles. The van der Waals surface area contributed by atoms with Crippen molar-refractivity contribution < 1.29 is 22.8 Å². The molecule has 0 aliphatic carbocycles. The van der Waals surface area contributed by atoms with Crippen LogP contribution in [-0.2, 0) is 24.2 Å². The maximum Gasteiger partial charge on any atom is 0.417 e. The van der Waals surface area contributed by atoms with E-state index >= 15 is 0 Å². The zero-order valence-corrected chi connectivity index (χ0v) is 19.3. The van der Waals surface area contributed by atoms with Gasteiger partial charge in [0.2, 0.25) is 5.96 Å². The fourth-order valence-corrected chi connectivity index (χ4v) is 3.48. The largest absolute Gasteiger partial charge is 0.417 e. The van der Waals surface area contributed by atoms with E-state index in [0.29, 0.717) is 0 Å². The summed E-state index contributed by atoms with van der Waals surface area (Å²) >= 11 is 0. The fourth-order valence-electron chi connectivity index (χ4n) is 3.48. The van der Waals surface area contributed by atoms with Gasteiger partial charge >= 0.3 is 6.18 Å². The Morgan fingerprint density at radius 3 is 2.35 bits per heavy atom. The Labute approximate surface area is 196 Å². The molecule has 2 aromatic carbocycles. The first-order valence-corrected chi connectivity index (χ1v) is 10.9. The highest BCUT2D eigenvalue weighted by molar-refractivity contribution is 6.06. The molecule has 1 aromatic heterocycles. The van der Waals surface area contributed by atoms with Crippen molar-refractivity contribution in [2.75, 3.05) is 20.1 Å². The summed E-state index contributed by atoms with van der Waals surface area (Å²) in [7, 11) is 1.36. The number of alkyl halides is 3. The van der Waals surface area contributed by atoms with Crippen LogP contribution >= 0.6 is 0 Å². The standard InChI is InChI=1S/C24H28F3N5O2/c1-4-32(5-2)14-16-9-11-17(12-10-16)15-34-30-23(28)31(3)22(33)21-13-18-19(24(25,26)27)7-6-8-20(18)29-21/h6-13,29H,4-5,14-15H2,1-3H3,(H2,28,30). The van der Waals surface area contributed by atoms with Crippen molar-refractivity contribution >= 4 is 22.8 Å². The predicted octanol–water partition coefficient (Wildman–Crippen LogP) is 4.55. The molecule has 0 bridgehead atoms. The lowest BCUT2D eigenvalue weighted by molar-refractivity contribution is -0.136. The van der Waals surface area contributed by atoms with Gasteiger partial charge in [0.1, 0.15) is 12.3 Å². The molecule has 3 rings (SSSR count). The van der Waals surface area contributed by atoms with Gasteiger partial charge in [-0.15, -0.1) is 0 Å². The number of H-pyrrole nitrogens is 1. The van der Waals surface area contributed by atoms with Gasteiger partial charge in [0, 0.05) is 24.5 Å². The van der Waals surface area contributed by atoms with Gasteiger partial charge in [-0.3, -0.25) is 14.6 Å². The summed E-state index contributed by atoms with van der Waals surface area (Å²) in [6.45, 7) is 7.20. The van der Waals surface area contributed by atoms with Crippen molar-refractivity contribution in [1.82, 2.24) is 14.8 Å². The molecular weight excluding hydrogens is 447 g/mol. The van der Waals surface area contributed by atoms with Crippen LogP contribution in [-0.4, -0.2) is 46.8 Å². The minimum Gasteiger partial charge on any atom is -0.388 e. The van der Waals surface area contributed by atoms with Crippen LogP contribution in [0.4, 0.5) is 13.2 Å². The first-order chi connectivity index (χ1) is 16.1. The molecule has 182 valence electrons. The number of oxime groups is 1. The molecule has 3 aromatic rings. The number of carbonyl (C=O) groups is 1. The number of nitrogens with one attached hydrogen (secondary N) is 1. The molecule has 0 saturated heterocycles. The number of amides is 1. The number of carbonyl (C=O) groups excluding carboxylic acids is 1. The van der Waals surface area contributed by atoms with E-state index in [1.54, 1.807) is 0 Å². The number of benzene rings is 2. The van der Waals surface area contributed by atoms with Crippen LogP contribution < -0.4 is 5.73 Å². The van der Waals surface area contributed by atoms with Crippen LogP contribution in [0.5, 0.6) is 0 Å². The van der Waals surface area contributed by atoms with Gasteiger partial charge in [-0.25, -0.2) is 0 Å². The van der Waals surface area contributed by atoms with Gasteiger partial charge in [-0.05, 0) is 47.6 Å². The minimum absolute atomic E-state index is 0.0452. The molecule has 10 heteroatoms. The van der Waals surface area contributed by atoms with Crippen molar-refractivity contribution in [3.8, 4) is 0 Å². The molecule has 0 radical (unpaired) electrons. The molecule has 34 heavy (non-hydrogen) atoms. The third-order valence-electron chi connectivity index (χ3n) is 5.56. The van der Waals surface area contributed by atoms with Gasteiger partial charge in [0.25, 0.3) is 5.91 Å². The molecule has 0 atom stereocenters. The van der Waals surface area contributed by atoms with Crippen LogP contribution in [0.2, 0.25) is 0 Å². The predicted molar refractivity (Wildman–Crippen MR) is 125 cm³/mol. The number of halogens is 3. The quantitative estimate of drug-likeness (QED) is 0.284. The van der Waals surface area contributed by atoms with Crippen LogP contribution in [0.3, 0.4) is 0 Å². The Morgan fingerprint density at radius 2 is 1.74 bits per heavy atom. The number of fused-ring (bicyclic) bond motifs is 1. The Kier molecular flexibility index (Phi) is 7.83. The minimum atomic E-state index is -4.54. The van der Waals surface area contributed by atoms with Crippen LogP contribution in [0.25, 0.3) is 10.9 Å². The second kappa shape index (κ2) is 10.6. The molecule has 7 nitrogen and oxygen atoms in total.